The molecule has 11 heteroatoms. The number of alkyl halides is 3. The van der Waals surface area contributed by atoms with E-state index in [2.05, 4.69) is 14.9 Å². The van der Waals surface area contributed by atoms with Crippen molar-refractivity contribution in [2.45, 2.75) is 31.9 Å². The first kappa shape index (κ1) is 22.9. The number of piperidine rings is 2. The lowest BCUT2D eigenvalue weighted by molar-refractivity contribution is -0.192. The molecule has 2 aliphatic rings. The highest BCUT2D eigenvalue weighted by Gasteiger charge is 2.39. The number of aliphatic carboxylic acids is 1. The Bertz CT molecular complexity index is 669. The first-order valence-corrected chi connectivity index (χ1v) is 9.26. The van der Waals surface area contributed by atoms with Crippen LogP contribution >= 0.6 is 0 Å². The van der Waals surface area contributed by atoms with E-state index in [0.29, 0.717) is 5.41 Å². The van der Waals surface area contributed by atoms with Crippen LogP contribution in [0.25, 0.3) is 0 Å². The van der Waals surface area contributed by atoms with Gasteiger partial charge in [0, 0.05) is 45.7 Å². The summed E-state index contributed by atoms with van der Waals surface area (Å²) in [5, 5.41) is 7.12. The normalized spacial score (nSPS) is 18.8. The van der Waals surface area contributed by atoms with Gasteiger partial charge in [-0.15, -0.1) is 0 Å². The summed E-state index contributed by atoms with van der Waals surface area (Å²) in [6.07, 6.45) is 3.05. The molecule has 1 spiro atoms. The number of aromatic nitrogens is 2. The van der Waals surface area contributed by atoms with E-state index in [0.717, 1.165) is 57.8 Å². The second-order valence-corrected chi connectivity index (χ2v) is 7.15. The predicted octanol–water partition coefficient (Wildman–Crippen LogP) is 1.97. The predicted molar refractivity (Wildman–Crippen MR) is 97.3 cm³/mol. The van der Waals surface area contributed by atoms with Crippen LogP contribution in [-0.2, 0) is 14.3 Å². The Kier molecular flexibility index (Phi) is 7.77. The molecule has 1 N–H and O–H groups in total. The number of likely N-dealkylation sites (tertiary alicyclic amines) is 1. The SMILES string of the molecule is COCC(=O)N1CCC2(CC1)CCN(c1ncccn1)CC2.O=C(O)C(F)(F)F. The molecule has 8 nitrogen and oxygen atoms in total. The number of hydrogen-bond donors (Lipinski definition) is 1. The third-order valence-electron chi connectivity index (χ3n) is 5.35. The summed E-state index contributed by atoms with van der Waals surface area (Å²) >= 11 is 0. The Morgan fingerprint density at radius 1 is 1.10 bits per heavy atom. The maximum absolute atomic E-state index is 11.9. The van der Waals surface area contributed by atoms with E-state index in [1.165, 1.54) is 0 Å². The van der Waals surface area contributed by atoms with E-state index in [1.807, 2.05) is 11.0 Å². The van der Waals surface area contributed by atoms with E-state index in [9.17, 15) is 18.0 Å². The Morgan fingerprint density at radius 3 is 2.03 bits per heavy atom. The van der Waals surface area contributed by atoms with Crippen LogP contribution in [0.15, 0.2) is 18.5 Å². The molecule has 0 saturated carbocycles. The molecule has 2 aliphatic heterocycles. The van der Waals surface area contributed by atoms with Gasteiger partial charge in [0.05, 0.1) is 0 Å². The van der Waals surface area contributed by atoms with Crippen LogP contribution in [0.5, 0.6) is 0 Å². The third-order valence-corrected chi connectivity index (χ3v) is 5.35. The Balaban J connectivity index is 0.000000370. The molecular weight excluding hydrogens is 393 g/mol. The molecule has 3 heterocycles. The zero-order chi connectivity index (χ0) is 21.5. The number of anilines is 1. The number of ether oxygens (including phenoxy) is 1. The van der Waals surface area contributed by atoms with Crippen LogP contribution in [0.2, 0.25) is 0 Å². The number of methoxy groups -OCH3 is 1. The lowest BCUT2D eigenvalue weighted by Crippen LogP contribution is -2.49. The molecule has 0 aromatic carbocycles. The van der Waals surface area contributed by atoms with Crippen molar-refractivity contribution in [2.75, 3.05) is 44.8 Å². The van der Waals surface area contributed by atoms with Crippen LogP contribution in [0.1, 0.15) is 25.7 Å². The van der Waals surface area contributed by atoms with Gasteiger partial charge in [0.25, 0.3) is 0 Å². The third kappa shape index (κ3) is 6.55. The zero-order valence-electron chi connectivity index (χ0n) is 16.2. The van der Waals surface area contributed by atoms with Crippen LogP contribution in [0.3, 0.4) is 0 Å². The Morgan fingerprint density at radius 2 is 1.59 bits per heavy atom. The number of carboxylic acids is 1. The largest absolute Gasteiger partial charge is 0.490 e. The van der Waals surface area contributed by atoms with Gasteiger partial charge in [-0.1, -0.05) is 0 Å². The van der Waals surface area contributed by atoms with Crippen molar-refractivity contribution in [2.24, 2.45) is 5.41 Å². The molecule has 162 valence electrons. The molecule has 1 amide bonds. The van der Waals surface area contributed by atoms with Crippen molar-refractivity contribution in [3.8, 4) is 0 Å². The number of nitrogens with zero attached hydrogens (tertiary/aromatic N) is 4. The van der Waals surface area contributed by atoms with Gasteiger partial charge in [-0.05, 0) is 37.2 Å². The van der Waals surface area contributed by atoms with Crippen LogP contribution < -0.4 is 4.90 Å². The molecule has 29 heavy (non-hydrogen) atoms. The lowest BCUT2D eigenvalue weighted by atomic mass is 9.71. The lowest BCUT2D eigenvalue weighted by Gasteiger charge is -2.46. The fraction of sp³-hybridized carbons (Fsp3) is 0.667. The molecular formula is C18H25F3N4O4. The van der Waals surface area contributed by atoms with Crippen molar-refractivity contribution < 1.29 is 32.6 Å². The summed E-state index contributed by atoms with van der Waals surface area (Å²) in [6, 6.07) is 1.85. The smallest absolute Gasteiger partial charge is 0.475 e. The summed E-state index contributed by atoms with van der Waals surface area (Å²) in [5.41, 5.74) is 0.398. The minimum atomic E-state index is -5.08. The number of halogens is 3. The highest BCUT2D eigenvalue weighted by atomic mass is 19.4. The summed E-state index contributed by atoms with van der Waals surface area (Å²) in [7, 11) is 1.57. The highest BCUT2D eigenvalue weighted by molar-refractivity contribution is 5.77. The highest BCUT2D eigenvalue weighted by Crippen LogP contribution is 2.41. The maximum atomic E-state index is 11.9. The molecule has 2 fully saturated rings. The van der Waals surface area contributed by atoms with E-state index in [4.69, 9.17) is 14.6 Å². The molecule has 0 aliphatic carbocycles. The van der Waals surface area contributed by atoms with Crippen molar-refractivity contribution in [3.05, 3.63) is 18.5 Å². The molecule has 3 rings (SSSR count). The number of carbonyl (C=O) groups excluding carboxylic acids is 1. The van der Waals surface area contributed by atoms with Crippen LogP contribution in [-0.4, -0.2) is 77.9 Å². The van der Waals surface area contributed by atoms with Crippen molar-refractivity contribution in [1.29, 1.82) is 0 Å². The van der Waals surface area contributed by atoms with E-state index in [1.54, 1.807) is 19.5 Å². The van der Waals surface area contributed by atoms with Crippen molar-refractivity contribution in [3.63, 3.8) is 0 Å². The van der Waals surface area contributed by atoms with Crippen molar-refractivity contribution in [1.82, 2.24) is 14.9 Å². The van der Waals surface area contributed by atoms with Gasteiger partial charge in [0.2, 0.25) is 11.9 Å². The van der Waals surface area contributed by atoms with Crippen LogP contribution in [0.4, 0.5) is 19.1 Å². The van der Waals surface area contributed by atoms with Crippen molar-refractivity contribution >= 4 is 17.8 Å². The maximum Gasteiger partial charge on any atom is 0.490 e. The van der Waals surface area contributed by atoms with Gasteiger partial charge in [-0.25, -0.2) is 14.8 Å². The Labute approximate surface area is 166 Å². The van der Waals surface area contributed by atoms with Gasteiger partial charge in [0.1, 0.15) is 6.61 Å². The number of carboxylic acid groups (broad SMARTS) is 1. The minimum absolute atomic E-state index is 0.118. The molecule has 1 aromatic heterocycles. The molecule has 0 radical (unpaired) electrons. The first-order chi connectivity index (χ1) is 13.7. The fourth-order valence-corrected chi connectivity index (χ4v) is 3.58. The molecule has 0 atom stereocenters. The second-order valence-electron chi connectivity index (χ2n) is 7.15. The Hall–Kier alpha value is -2.43. The summed E-state index contributed by atoms with van der Waals surface area (Å²) in [5.74, 6) is -1.80. The molecule has 1 aromatic rings. The summed E-state index contributed by atoms with van der Waals surface area (Å²) in [4.78, 5) is 33.7. The monoisotopic (exact) mass is 418 g/mol. The van der Waals surface area contributed by atoms with Gasteiger partial charge >= 0.3 is 12.1 Å². The molecule has 0 bridgehead atoms. The first-order valence-electron chi connectivity index (χ1n) is 9.26. The summed E-state index contributed by atoms with van der Waals surface area (Å²) < 4.78 is 36.7. The van der Waals surface area contributed by atoms with Crippen LogP contribution in [0, 0.1) is 5.41 Å². The second kappa shape index (κ2) is 9.86. The fourth-order valence-electron chi connectivity index (χ4n) is 3.58. The number of rotatable bonds is 3. The molecule has 0 unspecified atom stereocenters. The van der Waals surface area contributed by atoms with Gasteiger partial charge < -0.3 is 19.6 Å². The quantitative estimate of drug-likeness (QED) is 0.802. The van der Waals surface area contributed by atoms with Gasteiger partial charge in [-0.3, -0.25) is 4.79 Å². The van der Waals surface area contributed by atoms with E-state index in [-0.39, 0.29) is 12.5 Å². The minimum Gasteiger partial charge on any atom is -0.475 e. The molecule has 2 saturated heterocycles. The number of carbonyl (C=O) groups is 2. The average Bonchev–Trinajstić information content (AvgIpc) is 2.70. The van der Waals surface area contributed by atoms with E-state index < -0.39 is 12.1 Å². The topological polar surface area (TPSA) is 95.9 Å². The standard InChI is InChI=1S/C16H24N4O2.C2HF3O2/c1-22-13-14(21)19-9-3-16(4-10-19)5-11-20(12-6-16)15-17-7-2-8-18-15;3-2(4,5)1(6)7/h2,7-8H,3-6,9-13H2,1H3;(H,6,7). The number of amides is 1. The average molecular weight is 418 g/mol. The van der Waals surface area contributed by atoms with E-state index >= 15 is 0 Å². The van der Waals surface area contributed by atoms with Gasteiger partial charge in [0.15, 0.2) is 0 Å². The number of hydrogen-bond acceptors (Lipinski definition) is 6. The summed E-state index contributed by atoms with van der Waals surface area (Å²) in [6.45, 7) is 3.95. The van der Waals surface area contributed by atoms with Gasteiger partial charge in [-0.2, -0.15) is 13.2 Å². The zero-order valence-corrected chi connectivity index (χ0v) is 16.2.